The molecule has 1 aliphatic rings. The number of ether oxygens (including phenoxy) is 1. The van der Waals surface area contributed by atoms with Crippen LogP contribution in [-0.2, 0) is 14.3 Å². The average molecular weight is 238 g/mol. The summed E-state index contributed by atoms with van der Waals surface area (Å²) < 4.78 is 4.85. The number of ketones is 1. The molecule has 0 saturated heterocycles. The predicted octanol–water partition coefficient (Wildman–Crippen LogP) is 3.18. The molecule has 0 spiro atoms. The van der Waals surface area contributed by atoms with E-state index in [0.29, 0.717) is 18.8 Å². The SMILES string of the molecule is CCOC(=O)CCCCC/C=C1\CCCC1=O. The second-order valence-electron chi connectivity index (χ2n) is 4.41. The molecule has 0 aromatic heterocycles. The van der Waals surface area contributed by atoms with E-state index in [1.54, 1.807) is 0 Å². The first-order valence-corrected chi connectivity index (χ1v) is 6.62. The fourth-order valence-corrected chi connectivity index (χ4v) is 2.06. The number of esters is 1. The highest BCUT2D eigenvalue weighted by atomic mass is 16.5. The highest BCUT2D eigenvalue weighted by molar-refractivity contribution is 5.97. The largest absolute Gasteiger partial charge is 0.466 e. The Hall–Kier alpha value is -1.12. The number of allylic oxidation sites excluding steroid dienone is 2. The molecular weight excluding hydrogens is 216 g/mol. The van der Waals surface area contributed by atoms with Crippen LogP contribution < -0.4 is 0 Å². The van der Waals surface area contributed by atoms with Crippen LogP contribution >= 0.6 is 0 Å². The molecule has 1 rings (SSSR count). The quantitative estimate of drug-likeness (QED) is 0.388. The summed E-state index contributed by atoms with van der Waals surface area (Å²) in [6.07, 6.45) is 9.24. The number of Topliss-reactive ketones (excluding diaryl/α,β-unsaturated/α-hetero) is 1. The molecule has 0 radical (unpaired) electrons. The second-order valence-corrected chi connectivity index (χ2v) is 4.41. The summed E-state index contributed by atoms with van der Waals surface area (Å²) in [6, 6.07) is 0. The number of carbonyl (C=O) groups is 2. The van der Waals surface area contributed by atoms with Crippen molar-refractivity contribution in [3.63, 3.8) is 0 Å². The van der Waals surface area contributed by atoms with Gasteiger partial charge < -0.3 is 4.74 Å². The van der Waals surface area contributed by atoms with Crippen molar-refractivity contribution in [2.24, 2.45) is 0 Å². The van der Waals surface area contributed by atoms with E-state index in [0.717, 1.165) is 50.5 Å². The number of unbranched alkanes of at least 4 members (excludes halogenated alkanes) is 3. The Bertz CT molecular complexity index is 292. The van der Waals surface area contributed by atoms with Gasteiger partial charge in [-0.3, -0.25) is 9.59 Å². The summed E-state index contributed by atoms with van der Waals surface area (Å²) in [7, 11) is 0. The van der Waals surface area contributed by atoms with Gasteiger partial charge in [0.25, 0.3) is 0 Å². The van der Waals surface area contributed by atoms with Crippen LogP contribution in [0.1, 0.15) is 58.3 Å². The van der Waals surface area contributed by atoms with Crippen LogP contribution in [0.25, 0.3) is 0 Å². The minimum absolute atomic E-state index is 0.100. The highest BCUT2D eigenvalue weighted by Gasteiger charge is 2.15. The zero-order valence-corrected chi connectivity index (χ0v) is 10.7. The van der Waals surface area contributed by atoms with Crippen LogP contribution in [0.2, 0.25) is 0 Å². The van der Waals surface area contributed by atoms with Gasteiger partial charge in [0.2, 0.25) is 0 Å². The van der Waals surface area contributed by atoms with Gasteiger partial charge in [-0.05, 0) is 44.6 Å². The molecule has 3 nitrogen and oxygen atoms in total. The minimum Gasteiger partial charge on any atom is -0.466 e. The molecule has 0 heterocycles. The Kier molecular flexibility index (Phi) is 6.60. The van der Waals surface area contributed by atoms with Gasteiger partial charge in [0.15, 0.2) is 5.78 Å². The molecule has 1 aliphatic carbocycles. The maximum absolute atomic E-state index is 11.3. The van der Waals surface area contributed by atoms with E-state index in [2.05, 4.69) is 6.08 Å². The summed E-state index contributed by atoms with van der Waals surface area (Å²) in [5.74, 6) is 0.230. The van der Waals surface area contributed by atoms with Gasteiger partial charge in [-0.15, -0.1) is 0 Å². The maximum Gasteiger partial charge on any atom is 0.305 e. The van der Waals surface area contributed by atoms with Crippen LogP contribution in [0, 0.1) is 0 Å². The average Bonchev–Trinajstić information content (AvgIpc) is 2.70. The molecule has 0 aliphatic heterocycles. The van der Waals surface area contributed by atoms with Crippen LogP contribution in [0.3, 0.4) is 0 Å². The first-order chi connectivity index (χ1) is 8.24. The topological polar surface area (TPSA) is 43.4 Å². The molecule has 3 heteroatoms. The summed E-state index contributed by atoms with van der Waals surface area (Å²) in [4.78, 5) is 22.4. The van der Waals surface area contributed by atoms with Gasteiger partial charge >= 0.3 is 5.97 Å². The van der Waals surface area contributed by atoms with E-state index >= 15 is 0 Å². The van der Waals surface area contributed by atoms with Gasteiger partial charge in [0, 0.05) is 12.8 Å². The lowest BCUT2D eigenvalue weighted by molar-refractivity contribution is -0.143. The minimum atomic E-state index is -0.100. The van der Waals surface area contributed by atoms with Gasteiger partial charge in [-0.25, -0.2) is 0 Å². The summed E-state index contributed by atoms with van der Waals surface area (Å²) in [5.41, 5.74) is 1.02. The van der Waals surface area contributed by atoms with E-state index < -0.39 is 0 Å². The molecule has 0 bridgehead atoms. The lowest BCUT2D eigenvalue weighted by Crippen LogP contribution is -2.03. The normalized spacial score (nSPS) is 17.7. The maximum atomic E-state index is 11.3. The molecule has 17 heavy (non-hydrogen) atoms. The standard InChI is InChI=1S/C14H22O3/c1-2-17-14(16)11-6-4-3-5-8-12-9-7-10-13(12)15/h8H,2-7,9-11H2,1H3/b12-8+. The van der Waals surface area contributed by atoms with E-state index in [-0.39, 0.29) is 5.97 Å². The van der Waals surface area contributed by atoms with Crippen molar-refractivity contribution in [3.05, 3.63) is 11.6 Å². The van der Waals surface area contributed by atoms with E-state index in [4.69, 9.17) is 4.74 Å². The number of rotatable bonds is 7. The molecule has 0 aromatic carbocycles. The Morgan fingerprint density at radius 2 is 2.12 bits per heavy atom. The Morgan fingerprint density at radius 3 is 2.76 bits per heavy atom. The van der Waals surface area contributed by atoms with Crippen molar-refractivity contribution in [2.75, 3.05) is 6.61 Å². The molecule has 0 atom stereocenters. The van der Waals surface area contributed by atoms with Crippen molar-refractivity contribution in [1.82, 2.24) is 0 Å². The third kappa shape index (κ3) is 5.66. The first kappa shape index (κ1) is 13.9. The van der Waals surface area contributed by atoms with Crippen molar-refractivity contribution in [3.8, 4) is 0 Å². The van der Waals surface area contributed by atoms with E-state index in [1.165, 1.54) is 0 Å². The smallest absolute Gasteiger partial charge is 0.305 e. The number of carbonyl (C=O) groups excluding carboxylic acids is 2. The number of hydrogen-bond donors (Lipinski definition) is 0. The van der Waals surface area contributed by atoms with Crippen LogP contribution in [-0.4, -0.2) is 18.4 Å². The van der Waals surface area contributed by atoms with Crippen LogP contribution in [0.15, 0.2) is 11.6 Å². The zero-order valence-electron chi connectivity index (χ0n) is 10.7. The second kappa shape index (κ2) is 8.04. The molecule has 0 unspecified atom stereocenters. The Morgan fingerprint density at radius 1 is 1.29 bits per heavy atom. The van der Waals surface area contributed by atoms with Crippen molar-refractivity contribution in [2.45, 2.75) is 58.3 Å². The zero-order chi connectivity index (χ0) is 12.5. The fourth-order valence-electron chi connectivity index (χ4n) is 2.06. The van der Waals surface area contributed by atoms with Crippen molar-refractivity contribution >= 4 is 11.8 Å². The lowest BCUT2D eigenvalue weighted by atomic mass is 10.1. The predicted molar refractivity (Wildman–Crippen MR) is 66.7 cm³/mol. The summed E-state index contributed by atoms with van der Waals surface area (Å²) in [6.45, 7) is 2.29. The molecule has 1 fully saturated rings. The van der Waals surface area contributed by atoms with Crippen LogP contribution in [0.4, 0.5) is 0 Å². The summed E-state index contributed by atoms with van der Waals surface area (Å²) >= 11 is 0. The third-order valence-corrected chi connectivity index (χ3v) is 2.99. The van der Waals surface area contributed by atoms with Gasteiger partial charge in [-0.2, -0.15) is 0 Å². The van der Waals surface area contributed by atoms with Crippen molar-refractivity contribution in [1.29, 1.82) is 0 Å². The third-order valence-electron chi connectivity index (χ3n) is 2.99. The van der Waals surface area contributed by atoms with Gasteiger partial charge in [0.1, 0.15) is 0 Å². The van der Waals surface area contributed by atoms with Gasteiger partial charge in [0.05, 0.1) is 6.61 Å². The molecule has 0 amide bonds. The first-order valence-electron chi connectivity index (χ1n) is 6.62. The molecule has 96 valence electrons. The van der Waals surface area contributed by atoms with Crippen LogP contribution in [0.5, 0.6) is 0 Å². The van der Waals surface area contributed by atoms with E-state index in [1.807, 2.05) is 6.92 Å². The molecular formula is C14H22O3. The van der Waals surface area contributed by atoms with Crippen molar-refractivity contribution < 1.29 is 14.3 Å². The lowest BCUT2D eigenvalue weighted by Gasteiger charge is -2.01. The number of hydrogen-bond acceptors (Lipinski definition) is 3. The fraction of sp³-hybridized carbons (Fsp3) is 0.714. The molecule has 0 N–H and O–H groups in total. The molecule has 1 saturated carbocycles. The van der Waals surface area contributed by atoms with Gasteiger partial charge in [-0.1, -0.05) is 12.5 Å². The highest BCUT2D eigenvalue weighted by Crippen LogP contribution is 2.21. The van der Waals surface area contributed by atoms with E-state index in [9.17, 15) is 9.59 Å². The Balaban J connectivity index is 2.01. The summed E-state index contributed by atoms with van der Waals surface area (Å²) in [5, 5.41) is 0. The Labute approximate surface area is 103 Å². The monoisotopic (exact) mass is 238 g/mol. The molecule has 0 aromatic rings.